The zero-order valence-electron chi connectivity index (χ0n) is 12.2. The maximum atomic E-state index is 12.6. The van der Waals surface area contributed by atoms with E-state index in [2.05, 4.69) is 5.32 Å². The number of methoxy groups -OCH3 is 1. The number of ether oxygens (including phenoxy) is 1. The molecule has 3 nitrogen and oxygen atoms in total. The van der Waals surface area contributed by atoms with Gasteiger partial charge in [-0.3, -0.25) is 0 Å². The molecule has 0 saturated carbocycles. The molecule has 2 aromatic carbocycles. The van der Waals surface area contributed by atoms with Crippen molar-refractivity contribution in [2.75, 3.05) is 12.4 Å². The summed E-state index contributed by atoms with van der Waals surface area (Å²) in [5.74, 6) is 0.677. The Morgan fingerprint density at radius 3 is 2.17 bits per heavy atom. The van der Waals surface area contributed by atoms with Crippen molar-refractivity contribution in [1.29, 1.82) is 5.26 Å². The van der Waals surface area contributed by atoms with Crippen LogP contribution < -0.4 is 10.1 Å². The molecular formula is C17H13F3N2O. The fourth-order valence-corrected chi connectivity index (χ4v) is 1.92. The third-order valence-corrected chi connectivity index (χ3v) is 3.10. The van der Waals surface area contributed by atoms with Gasteiger partial charge in [0.2, 0.25) is 0 Å². The van der Waals surface area contributed by atoms with Crippen LogP contribution in [0.1, 0.15) is 11.1 Å². The van der Waals surface area contributed by atoms with Crippen LogP contribution in [0.3, 0.4) is 0 Å². The molecule has 6 heteroatoms. The topological polar surface area (TPSA) is 45.0 Å². The highest BCUT2D eigenvalue weighted by Crippen LogP contribution is 2.30. The van der Waals surface area contributed by atoms with Crippen molar-refractivity contribution < 1.29 is 17.9 Å². The number of rotatable bonds is 4. The van der Waals surface area contributed by atoms with Crippen LogP contribution in [-0.2, 0) is 6.18 Å². The summed E-state index contributed by atoms with van der Waals surface area (Å²) in [6, 6.07) is 13.4. The Bertz CT molecular complexity index is 726. The van der Waals surface area contributed by atoms with Crippen molar-refractivity contribution >= 4 is 11.4 Å². The highest BCUT2D eigenvalue weighted by atomic mass is 19.4. The van der Waals surface area contributed by atoms with Crippen LogP contribution in [0, 0.1) is 11.3 Å². The van der Waals surface area contributed by atoms with Crippen LogP contribution in [0.25, 0.3) is 5.70 Å². The van der Waals surface area contributed by atoms with E-state index in [0.717, 1.165) is 12.1 Å². The minimum Gasteiger partial charge on any atom is -0.497 e. The number of hydrogen-bond acceptors (Lipinski definition) is 3. The zero-order chi connectivity index (χ0) is 16.9. The van der Waals surface area contributed by atoms with Gasteiger partial charge in [0.1, 0.15) is 5.75 Å². The summed E-state index contributed by atoms with van der Waals surface area (Å²) < 4.78 is 42.8. The first-order valence-electron chi connectivity index (χ1n) is 6.62. The van der Waals surface area contributed by atoms with Gasteiger partial charge in [-0.25, -0.2) is 0 Å². The average molecular weight is 318 g/mol. The number of hydrogen-bond donors (Lipinski definition) is 1. The van der Waals surface area contributed by atoms with E-state index >= 15 is 0 Å². The Morgan fingerprint density at radius 2 is 1.70 bits per heavy atom. The summed E-state index contributed by atoms with van der Waals surface area (Å²) in [7, 11) is 1.55. The van der Waals surface area contributed by atoms with Crippen LogP contribution in [-0.4, -0.2) is 7.11 Å². The van der Waals surface area contributed by atoms with Crippen LogP contribution in [0.15, 0.2) is 54.6 Å². The number of benzene rings is 2. The summed E-state index contributed by atoms with van der Waals surface area (Å²) in [4.78, 5) is 0. The number of alkyl halides is 3. The van der Waals surface area contributed by atoms with Crippen molar-refractivity contribution in [2.45, 2.75) is 6.18 Å². The molecule has 0 bridgehead atoms. The van der Waals surface area contributed by atoms with Crippen LogP contribution in [0.2, 0.25) is 0 Å². The molecule has 2 aromatic rings. The number of anilines is 1. The standard InChI is InChI=1S/C17H13F3N2O/c1-23-15-8-6-14(7-9-15)22-16(10-11-21)12-2-4-13(5-3-12)17(18,19)20/h2-10,22H,1H3/b16-10+. The number of allylic oxidation sites excluding steroid dienone is 1. The fourth-order valence-electron chi connectivity index (χ4n) is 1.92. The van der Waals surface area contributed by atoms with E-state index < -0.39 is 11.7 Å². The maximum absolute atomic E-state index is 12.6. The second-order valence-corrected chi connectivity index (χ2v) is 4.62. The minimum atomic E-state index is -4.39. The third kappa shape index (κ3) is 4.27. The third-order valence-electron chi connectivity index (χ3n) is 3.10. The molecule has 2 rings (SSSR count). The van der Waals surface area contributed by atoms with E-state index in [1.54, 1.807) is 31.4 Å². The SMILES string of the molecule is COc1ccc(N/C(=C/C#N)c2ccc(C(F)(F)F)cc2)cc1. The molecule has 0 spiro atoms. The Hall–Kier alpha value is -2.94. The Morgan fingerprint density at radius 1 is 1.09 bits per heavy atom. The first-order chi connectivity index (χ1) is 10.9. The summed E-state index contributed by atoms with van der Waals surface area (Å²) in [6.45, 7) is 0. The molecule has 0 fully saturated rings. The maximum Gasteiger partial charge on any atom is 0.416 e. The average Bonchev–Trinajstić information content (AvgIpc) is 2.54. The molecule has 1 N–H and O–H groups in total. The van der Waals surface area contributed by atoms with Gasteiger partial charge in [0, 0.05) is 11.8 Å². The van der Waals surface area contributed by atoms with Crippen LogP contribution >= 0.6 is 0 Å². The highest BCUT2D eigenvalue weighted by molar-refractivity contribution is 5.78. The second kappa shape index (κ2) is 6.88. The van der Waals surface area contributed by atoms with E-state index in [-0.39, 0.29) is 0 Å². The smallest absolute Gasteiger partial charge is 0.416 e. The largest absolute Gasteiger partial charge is 0.497 e. The second-order valence-electron chi connectivity index (χ2n) is 4.62. The molecule has 118 valence electrons. The lowest BCUT2D eigenvalue weighted by Gasteiger charge is -2.12. The highest BCUT2D eigenvalue weighted by Gasteiger charge is 2.30. The van der Waals surface area contributed by atoms with Crippen molar-refractivity contribution in [3.63, 3.8) is 0 Å². The number of nitrogens with zero attached hydrogens (tertiary/aromatic N) is 1. The molecule has 0 aromatic heterocycles. The van der Waals surface area contributed by atoms with Crippen LogP contribution in [0.5, 0.6) is 5.75 Å². The van der Waals surface area contributed by atoms with E-state index in [1.807, 2.05) is 6.07 Å². The van der Waals surface area contributed by atoms with Gasteiger partial charge in [-0.1, -0.05) is 12.1 Å². The molecule has 0 aliphatic heterocycles. The Labute approximate surface area is 131 Å². The number of nitriles is 1. The molecule has 0 unspecified atom stereocenters. The predicted molar refractivity (Wildman–Crippen MR) is 81.7 cm³/mol. The normalized spacial score (nSPS) is 11.7. The Balaban J connectivity index is 2.25. The van der Waals surface area contributed by atoms with Gasteiger partial charge in [0.15, 0.2) is 0 Å². The van der Waals surface area contributed by atoms with Gasteiger partial charge >= 0.3 is 6.18 Å². The zero-order valence-corrected chi connectivity index (χ0v) is 12.2. The Kier molecular flexibility index (Phi) is 4.91. The fraction of sp³-hybridized carbons (Fsp3) is 0.118. The minimum absolute atomic E-state index is 0.409. The van der Waals surface area contributed by atoms with E-state index in [0.29, 0.717) is 22.7 Å². The molecule has 0 aliphatic carbocycles. The molecule has 0 atom stereocenters. The number of nitrogens with one attached hydrogen (secondary N) is 1. The first kappa shape index (κ1) is 16.4. The van der Waals surface area contributed by atoms with Crippen LogP contribution in [0.4, 0.5) is 18.9 Å². The van der Waals surface area contributed by atoms with Gasteiger partial charge in [0.25, 0.3) is 0 Å². The predicted octanol–water partition coefficient (Wildman–Crippen LogP) is 4.69. The lowest BCUT2D eigenvalue weighted by molar-refractivity contribution is -0.137. The first-order valence-corrected chi connectivity index (χ1v) is 6.62. The molecular weight excluding hydrogens is 305 g/mol. The lowest BCUT2D eigenvalue weighted by atomic mass is 10.1. The van der Waals surface area contributed by atoms with Crippen molar-refractivity contribution in [3.8, 4) is 11.8 Å². The van der Waals surface area contributed by atoms with Crippen molar-refractivity contribution in [1.82, 2.24) is 0 Å². The van der Waals surface area contributed by atoms with E-state index in [1.165, 1.54) is 18.2 Å². The lowest BCUT2D eigenvalue weighted by Crippen LogP contribution is -2.05. The van der Waals surface area contributed by atoms with E-state index in [4.69, 9.17) is 10.00 Å². The summed E-state index contributed by atoms with van der Waals surface area (Å²) in [5.41, 5.74) is 0.843. The monoisotopic (exact) mass is 318 g/mol. The molecule has 0 aliphatic rings. The molecule has 0 radical (unpaired) electrons. The van der Waals surface area contributed by atoms with Gasteiger partial charge in [0.05, 0.1) is 24.4 Å². The summed E-state index contributed by atoms with van der Waals surface area (Å²) in [5, 5.41) is 11.9. The van der Waals surface area contributed by atoms with Crippen molar-refractivity contribution in [3.05, 3.63) is 65.7 Å². The summed E-state index contributed by atoms with van der Waals surface area (Å²) in [6.07, 6.45) is -3.14. The summed E-state index contributed by atoms with van der Waals surface area (Å²) >= 11 is 0. The van der Waals surface area contributed by atoms with Gasteiger partial charge < -0.3 is 10.1 Å². The van der Waals surface area contributed by atoms with Gasteiger partial charge in [-0.2, -0.15) is 18.4 Å². The molecule has 23 heavy (non-hydrogen) atoms. The molecule has 0 amide bonds. The molecule has 0 saturated heterocycles. The van der Waals surface area contributed by atoms with Gasteiger partial charge in [-0.15, -0.1) is 0 Å². The van der Waals surface area contributed by atoms with Gasteiger partial charge in [-0.05, 0) is 42.0 Å². The van der Waals surface area contributed by atoms with E-state index in [9.17, 15) is 13.2 Å². The molecule has 0 heterocycles. The number of halogens is 3. The van der Waals surface area contributed by atoms with Crippen molar-refractivity contribution in [2.24, 2.45) is 0 Å². The quantitative estimate of drug-likeness (QED) is 0.832.